The van der Waals surface area contributed by atoms with Gasteiger partial charge < -0.3 is 20.0 Å². The number of aromatic nitrogens is 3. The Kier molecular flexibility index (Phi) is 5.51. The average molecular weight is 318 g/mol. The summed E-state index contributed by atoms with van der Waals surface area (Å²) in [6.07, 6.45) is 1.57. The highest BCUT2D eigenvalue weighted by Gasteiger charge is 2.11. The largest absolute Gasteiger partial charge is 0.467 e. The molecule has 0 bridgehead atoms. The molecule has 0 saturated carbocycles. The molecular formula is C15H22N6O2. The molecular weight excluding hydrogens is 296 g/mol. The van der Waals surface area contributed by atoms with Crippen LogP contribution in [-0.2, 0) is 11.3 Å². The zero-order valence-electron chi connectivity index (χ0n) is 13.8. The number of hydrogen-bond acceptors (Lipinski definition) is 7. The predicted molar refractivity (Wildman–Crippen MR) is 87.3 cm³/mol. The van der Waals surface area contributed by atoms with Crippen molar-refractivity contribution >= 4 is 17.8 Å². The van der Waals surface area contributed by atoms with Crippen molar-refractivity contribution in [2.75, 3.05) is 30.9 Å². The van der Waals surface area contributed by atoms with E-state index in [0.29, 0.717) is 30.0 Å². The highest BCUT2D eigenvalue weighted by atomic mass is 16.3. The zero-order chi connectivity index (χ0) is 16.8. The van der Waals surface area contributed by atoms with E-state index in [2.05, 4.69) is 25.6 Å². The first kappa shape index (κ1) is 16.7. The molecule has 1 amide bonds. The van der Waals surface area contributed by atoms with Gasteiger partial charge in [0, 0.05) is 20.0 Å². The van der Waals surface area contributed by atoms with Crippen LogP contribution < -0.4 is 15.5 Å². The summed E-state index contributed by atoms with van der Waals surface area (Å²) in [6, 6.07) is 3.58. The van der Waals surface area contributed by atoms with Gasteiger partial charge >= 0.3 is 0 Å². The van der Waals surface area contributed by atoms with Gasteiger partial charge in [0.1, 0.15) is 11.6 Å². The Hall–Kier alpha value is -2.64. The van der Waals surface area contributed by atoms with Gasteiger partial charge in [-0.1, -0.05) is 13.8 Å². The Labute approximate surface area is 135 Å². The van der Waals surface area contributed by atoms with Crippen molar-refractivity contribution < 1.29 is 9.21 Å². The number of carbonyl (C=O) groups excluding carboxylic acids is 1. The summed E-state index contributed by atoms with van der Waals surface area (Å²) in [5, 5.41) is 5.69. The number of furan rings is 1. The van der Waals surface area contributed by atoms with E-state index in [1.54, 1.807) is 23.3 Å². The second-order valence-corrected chi connectivity index (χ2v) is 5.58. The fourth-order valence-electron chi connectivity index (χ4n) is 1.74. The lowest BCUT2D eigenvalue weighted by Gasteiger charge is -2.14. The maximum atomic E-state index is 11.9. The molecule has 0 aromatic carbocycles. The van der Waals surface area contributed by atoms with Crippen LogP contribution in [0, 0.1) is 0 Å². The highest BCUT2D eigenvalue weighted by molar-refractivity contribution is 5.80. The van der Waals surface area contributed by atoms with Crippen molar-refractivity contribution in [3.8, 4) is 0 Å². The van der Waals surface area contributed by atoms with Gasteiger partial charge in [-0.05, 0) is 12.1 Å². The number of nitrogens with one attached hydrogen (secondary N) is 2. The number of anilines is 2. The van der Waals surface area contributed by atoms with Crippen LogP contribution >= 0.6 is 0 Å². The molecule has 0 aliphatic rings. The third-order valence-electron chi connectivity index (χ3n) is 3.00. The second-order valence-electron chi connectivity index (χ2n) is 5.58. The van der Waals surface area contributed by atoms with Gasteiger partial charge in [-0.2, -0.15) is 15.0 Å². The Morgan fingerprint density at radius 1 is 1.30 bits per heavy atom. The van der Waals surface area contributed by atoms with Crippen LogP contribution in [0.25, 0.3) is 0 Å². The maximum Gasteiger partial charge on any atom is 0.239 e. The molecule has 0 aliphatic heterocycles. The normalized spacial score (nSPS) is 10.7. The van der Waals surface area contributed by atoms with E-state index < -0.39 is 0 Å². The molecule has 0 fully saturated rings. The van der Waals surface area contributed by atoms with E-state index in [1.807, 2.05) is 27.9 Å². The number of hydrogen-bond donors (Lipinski definition) is 2. The predicted octanol–water partition coefficient (Wildman–Crippen LogP) is 1.38. The first-order chi connectivity index (χ1) is 11.0. The van der Waals surface area contributed by atoms with Gasteiger partial charge in [-0.15, -0.1) is 0 Å². The van der Waals surface area contributed by atoms with Crippen LogP contribution in [0.2, 0.25) is 0 Å². The summed E-state index contributed by atoms with van der Waals surface area (Å²) in [5.74, 6) is 2.34. The summed E-state index contributed by atoms with van der Waals surface area (Å²) < 4.78 is 5.16. The number of rotatable bonds is 7. The first-order valence-electron chi connectivity index (χ1n) is 7.42. The molecule has 8 heteroatoms. The molecule has 0 aliphatic carbocycles. The van der Waals surface area contributed by atoms with Crippen LogP contribution in [-0.4, -0.2) is 41.5 Å². The third kappa shape index (κ3) is 4.94. The van der Waals surface area contributed by atoms with Gasteiger partial charge in [0.05, 0.1) is 19.4 Å². The standard InChI is InChI=1S/C15H22N6O2/c1-10(2)13-18-14(20-15(19-13)21(3)4)17-9-12(22)16-8-11-6-5-7-23-11/h5-7,10H,8-9H2,1-4H3,(H,16,22)(H,17,18,19,20). The van der Waals surface area contributed by atoms with Crippen LogP contribution in [0.15, 0.2) is 22.8 Å². The van der Waals surface area contributed by atoms with E-state index in [9.17, 15) is 4.79 Å². The van der Waals surface area contributed by atoms with Crippen molar-refractivity contribution in [3.63, 3.8) is 0 Å². The van der Waals surface area contributed by atoms with Crippen molar-refractivity contribution in [3.05, 3.63) is 30.0 Å². The minimum atomic E-state index is -0.167. The van der Waals surface area contributed by atoms with Gasteiger partial charge in [0.15, 0.2) is 0 Å². The van der Waals surface area contributed by atoms with Crippen LogP contribution in [0.4, 0.5) is 11.9 Å². The first-order valence-corrected chi connectivity index (χ1v) is 7.42. The molecule has 0 unspecified atom stereocenters. The van der Waals surface area contributed by atoms with E-state index in [0.717, 1.165) is 0 Å². The van der Waals surface area contributed by atoms with E-state index in [-0.39, 0.29) is 18.4 Å². The topological polar surface area (TPSA) is 96.2 Å². The van der Waals surface area contributed by atoms with Crippen molar-refractivity contribution in [2.24, 2.45) is 0 Å². The lowest BCUT2D eigenvalue weighted by Crippen LogP contribution is -2.30. The van der Waals surface area contributed by atoms with Crippen LogP contribution in [0.3, 0.4) is 0 Å². The van der Waals surface area contributed by atoms with E-state index >= 15 is 0 Å². The lowest BCUT2D eigenvalue weighted by molar-refractivity contribution is -0.119. The molecule has 124 valence electrons. The summed E-state index contributed by atoms with van der Waals surface area (Å²) in [7, 11) is 3.72. The highest BCUT2D eigenvalue weighted by Crippen LogP contribution is 2.14. The van der Waals surface area contributed by atoms with Gasteiger partial charge in [0.2, 0.25) is 17.8 Å². The molecule has 2 rings (SSSR count). The van der Waals surface area contributed by atoms with Gasteiger partial charge in [0.25, 0.3) is 0 Å². The quantitative estimate of drug-likeness (QED) is 0.796. The molecule has 2 heterocycles. The fourth-order valence-corrected chi connectivity index (χ4v) is 1.74. The Morgan fingerprint density at radius 2 is 2.09 bits per heavy atom. The third-order valence-corrected chi connectivity index (χ3v) is 3.00. The number of amides is 1. The van der Waals surface area contributed by atoms with Crippen molar-refractivity contribution in [1.82, 2.24) is 20.3 Å². The zero-order valence-corrected chi connectivity index (χ0v) is 13.8. The monoisotopic (exact) mass is 318 g/mol. The second kappa shape index (κ2) is 7.57. The Balaban J connectivity index is 1.94. The lowest BCUT2D eigenvalue weighted by atomic mass is 10.2. The molecule has 23 heavy (non-hydrogen) atoms. The minimum absolute atomic E-state index is 0.0785. The summed E-state index contributed by atoms with van der Waals surface area (Å²) in [6.45, 7) is 4.45. The maximum absolute atomic E-state index is 11.9. The Morgan fingerprint density at radius 3 is 2.70 bits per heavy atom. The average Bonchev–Trinajstić information content (AvgIpc) is 3.04. The smallest absolute Gasteiger partial charge is 0.239 e. The Bertz CT molecular complexity index is 613. The van der Waals surface area contributed by atoms with Crippen LogP contribution in [0.1, 0.15) is 31.4 Å². The molecule has 8 nitrogen and oxygen atoms in total. The molecule has 2 N–H and O–H groups in total. The number of nitrogens with zero attached hydrogens (tertiary/aromatic N) is 4. The summed E-state index contributed by atoms with van der Waals surface area (Å²) >= 11 is 0. The SMILES string of the molecule is CC(C)c1nc(NCC(=O)NCc2ccco2)nc(N(C)C)n1. The molecule has 2 aromatic heterocycles. The fraction of sp³-hybridized carbons (Fsp3) is 0.467. The summed E-state index contributed by atoms with van der Waals surface area (Å²) in [4.78, 5) is 26.7. The molecule has 0 spiro atoms. The molecule has 2 aromatic rings. The summed E-state index contributed by atoms with van der Waals surface area (Å²) in [5.41, 5.74) is 0. The molecule has 0 saturated heterocycles. The van der Waals surface area contributed by atoms with Gasteiger partial charge in [-0.3, -0.25) is 4.79 Å². The number of carbonyl (C=O) groups is 1. The molecule has 0 atom stereocenters. The van der Waals surface area contributed by atoms with E-state index in [4.69, 9.17) is 4.42 Å². The minimum Gasteiger partial charge on any atom is -0.467 e. The molecule has 0 radical (unpaired) electrons. The van der Waals surface area contributed by atoms with Crippen molar-refractivity contribution in [1.29, 1.82) is 0 Å². The van der Waals surface area contributed by atoms with Crippen molar-refractivity contribution in [2.45, 2.75) is 26.3 Å². The van der Waals surface area contributed by atoms with Crippen LogP contribution in [0.5, 0.6) is 0 Å². The van der Waals surface area contributed by atoms with Gasteiger partial charge in [-0.25, -0.2) is 0 Å². The van der Waals surface area contributed by atoms with E-state index in [1.165, 1.54) is 0 Å².